The van der Waals surface area contributed by atoms with E-state index in [1.165, 1.54) is 38.4 Å². The Bertz CT molecular complexity index is 649. The molecule has 1 unspecified atom stereocenters. The highest BCUT2D eigenvalue weighted by Crippen LogP contribution is 2.34. The lowest BCUT2D eigenvalue weighted by Crippen LogP contribution is -2.57. The molecule has 1 aliphatic rings. The van der Waals surface area contributed by atoms with Crippen molar-refractivity contribution in [2.45, 2.75) is 12.2 Å². The van der Waals surface area contributed by atoms with E-state index in [0.717, 1.165) is 0 Å². The fourth-order valence-electron chi connectivity index (χ4n) is 2.94. The van der Waals surface area contributed by atoms with E-state index in [-0.39, 0.29) is 30.2 Å². The first-order valence-electron chi connectivity index (χ1n) is 8.41. The Labute approximate surface area is 155 Å². The lowest BCUT2D eigenvalue weighted by Gasteiger charge is -2.35. The predicted molar refractivity (Wildman–Crippen MR) is 92.7 cm³/mol. The summed E-state index contributed by atoms with van der Waals surface area (Å²) < 4.78 is 55.8. The van der Waals surface area contributed by atoms with Gasteiger partial charge >= 0.3 is 6.18 Å². The van der Waals surface area contributed by atoms with E-state index < -0.39 is 24.7 Å². The van der Waals surface area contributed by atoms with Crippen molar-refractivity contribution < 1.29 is 32.2 Å². The first-order valence-corrected chi connectivity index (χ1v) is 8.41. The fraction of sp³-hybridized carbons (Fsp3) is 0.588. The summed E-state index contributed by atoms with van der Waals surface area (Å²) in [6.45, 7) is 0.924. The van der Waals surface area contributed by atoms with Gasteiger partial charge in [0, 0.05) is 44.9 Å². The molecule has 1 aromatic rings. The molecule has 1 heterocycles. The molecule has 0 saturated carbocycles. The molecule has 2 N–H and O–H groups in total. The van der Waals surface area contributed by atoms with Gasteiger partial charge in [-0.1, -0.05) is 0 Å². The molecule has 1 atom stereocenters. The number of benzene rings is 1. The highest BCUT2D eigenvalue weighted by atomic mass is 19.4. The number of nitrogens with zero attached hydrogens (tertiary/aromatic N) is 1. The van der Waals surface area contributed by atoms with Gasteiger partial charge in [0.15, 0.2) is 11.5 Å². The Morgan fingerprint density at radius 2 is 1.67 bits per heavy atom. The SMILES string of the molecule is COc1cc(OC)c(C(=O)NCC(N2CCNCC2)C(F)(F)F)cc1OC. The minimum absolute atomic E-state index is 0.0661. The maximum atomic E-state index is 13.4. The average Bonchev–Trinajstić information content (AvgIpc) is 2.66. The number of nitrogens with one attached hydrogen (secondary N) is 2. The van der Waals surface area contributed by atoms with Crippen LogP contribution in [0.2, 0.25) is 0 Å². The highest BCUT2D eigenvalue weighted by Gasteiger charge is 2.43. The van der Waals surface area contributed by atoms with Crippen LogP contribution < -0.4 is 24.8 Å². The predicted octanol–water partition coefficient (Wildman–Crippen LogP) is 1.28. The number of rotatable bonds is 7. The summed E-state index contributed by atoms with van der Waals surface area (Å²) in [4.78, 5) is 13.8. The summed E-state index contributed by atoms with van der Waals surface area (Å²) in [5, 5.41) is 5.38. The standard InChI is InChI=1S/C17H24F3N3O4/c1-25-12-9-14(27-3)13(26-2)8-11(12)16(24)22-10-15(17(18,19)20)23-6-4-21-5-7-23/h8-9,15,21H,4-7,10H2,1-3H3,(H,22,24). The van der Waals surface area contributed by atoms with Crippen LogP contribution >= 0.6 is 0 Å². The molecule has 0 radical (unpaired) electrons. The molecule has 1 saturated heterocycles. The van der Waals surface area contributed by atoms with Crippen LogP contribution in [-0.4, -0.2) is 77.1 Å². The van der Waals surface area contributed by atoms with Crippen LogP contribution in [0, 0.1) is 0 Å². The molecule has 7 nitrogen and oxygen atoms in total. The number of carbonyl (C=O) groups is 1. The molecular formula is C17H24F3N3O4. The first kappa shape index (κ1) is 21.1. The lowest BCUT2D eigenvalue weighted by atomic mass is 10.1. The van der Waals surface area contributed by atoms with Gasteiger partial charge in [-0.3, -0.25) is 9.69 Å². The quantitative estimate of drug-likeness (QED) is 0.730. The third kappa shape index (κ3) is 5.16. The monoisotopic (exact) mass is 391 g/mol. The van der Waals surface area contributed by atoms with Crippen LogP contribution in [-0.2, 0) is 0 Å². The summed E-state index contributed by atoms with van der Waals surface area (Å²) in [5.41, 5.74) is 0.0661. The van der Waals surface area contributed by atoms with Crippen molar-refractivity contribution in [2.75, 3.05) is 54.1 Å². The summed E-state index contributed by atoms with van der Waals surface area (Å²) in [6.07, 6.45) is -4.45. The Kier molecular flexibility index (Phi) is 7.14. The van der Waals surface area contributed by atoms with Gasteiger partial charge in [-0.2, -0.15) is 13.2 Å². The molecule has 1 amide bonds. The molecule has 0 spiro atoms. The van der Waals surface area contributed by atoms with Gasteiger partial charge < -0.3 is 24.8 Å². The number of hydrogen-bond acceptors (Lipinski definition) is 6. The largest absolute Gasteiger partial charge is 0.496 e. The van der Waals surface area contributed by atoms with Crippen LogP contribution in [0.25, 0.3) is 0 Å². The summed E-state index contributed by atoms with van der Waals surface area (Å²) in [6, 6.07) is 1.07. The molecule has 152 valence electrons. The normalized spacial score (nSPS) is 16.5. The topological polar surface area (TPSA) is 72.1 Å². The summed E-state index contributed by atoms with van der Waals surface area (Å²) in [5.74, 6) is 0.117. The van der Waals surface area contributed by atoms with E-state index >= 15 is 0 Å². The van der Waals surface area contributed by atoms with Crippen molar-refractivity contribution in [1.29, 1.82) is 0 Å². The van der Waals surface area contributed by atoms with Crippen LogP contribution in [0.5, 0.6) is 17.2 Å². The van der Waals surface area contributed by atoms with Crippen molar-refractivity contribution >= 4 is 5.91 Å². The third-order valence-corrected chi connectivity index (χ3v) is 4.38. The van der Waals surface area contributed by atoms with Gasteiger partial charge in [-0.05, 0) is 0 Å². The molecule has 1 aromatic carbocycles. The van der Waals surface area contributed by atoms with Crippen molar-refractivity contribution in [3.05, 3.63) is 17.7 Å². The number of alkyl halides is 3. The number of hydrogen-bond donors (Lipinski definition) is 2. The Balaban J connectivity index is 2.17. The number of carbonyl (C=O) groups excluding carboxylic acids is 1. The molecule has 0 aromatic heterocycles. The third-order valence-electron chi connectivity index (χ3n) is 4.38. The molecule has 10 heteroatoms. The van der Waals surface area contributed by atoms with E-state index in [4.69, 9.17) is 14.2 Å². The van der Waals surface area contributed by atoms with E-state index in [9.17, 15) is 18.0 Å². The average molecular weight is 391 g/mol. The van der Waals surface area contributed by atoms with Gasteiger partial charge in [-0.15, -0.1) is 0 Å². The van der Waals surface area contributed by atoms with E-state index in [1.54, 1.807) is 0 Å². The molecule has 1 fully saturated rings. The summed E-state index contributed by atoms with van der Waals surface area (Å²) in [7, 11) is 4.19. The highest BCUT2D eigenvalue weighted by molar-refractivity contribution is 5.97. The molecule has 0 aliphatic carbocycles. The van der Waals surface area contributed by atoms with E-state index in [1.807, 2.05) is 0 Å². The zero-order valence-electron chi connectivity index (χ0n) is 15.5. The lowest BCUT2D eigenvalue weighted by molar-refractivity contribution is -0.183. The number of ether oxygens (including phenoxy) is 3. The van der Waals surface area contributed by atoms with E-state index in [2.05, 4.69) is 10.6 Å². The van der Waals surface area contributed by atoms with E-state index in [0.29, 0.717) is 18.8 Å². The Hall–Kier alpha value is -2.20. The fourth-order valence-corrected chi connectivity index (χ4v) is 2.94. The zero-order chi connectivity index (χ0) is 20.0. The number of halogens is 3. The minimum Gasteiger partial charge on any atom is -0.496 e. The smallest absolute Gasteiger partial charge is 0.405 e. The van der Waals surface area contributed by atoms with Crippen molar-refractivity contribution in [3.8, 4) is 17.2 Å². The van der Waals surface area contributed by atoms with Crippen LogP contribution in [0.1, 0.15) is 10.4 Å². The van der Waals surface area contributed by atoms with Crippen molar-refractivity contribution in [1.82, 2.24) is 15.5 Å². The minimum atomic E-state index is -4.45. The zero-order valence-corrected chi connectivity index (χ0v) is 15.5. The molecule has 1 aliphatic heterocycles. The molecule has 27 heavy (non-hydrogen) atoms. The Morgan fingerprint density at radius 3 is 2.19 bits per heavy atom. The van der Waals surface area contributed by atoms with Crippen LogP contribution in [0.15, 0.2) is 12.1 Å². The summed E-state index contributed by atoms with van der Waals surface area (Å²) >= 11 is 0. The van der Waals surface area contributed by atoms with Crippen LogP contribution in [0.4, 0.5) is 13.2 Å². The Morgan fingerprint density at radius 1 is 1.11 bits per heavy atom. The van der Waals surface area contributed by atoms with Gasteiger partial charge in [0.1, 0.15) is 11.8 Å². The molecule has 0 bridgehead atoms. The second kappa shape index (κ2) is 9.14. The second-order valence-electron chi connectivity index (χ2n) is 5.96. The van der Waals surface area contributed by atoms with Crippen molar-refractivity contribution in [3.63, 3.8) is 0 Å². The number of amides is 1. The van der Waals surface area contributed by atoms with Crippen LogP contribution in [0.3, 0.4) is 0 Å². The molecular weight excluding hydrogens is 367 g/mol. The second-order valence-corrected chi connectivity index (χ2v) is 5.96. The van der Waals surface area contributed by atoms with Gasteiger partial charge in [0.2, 0.25) is 0 Å². The van der Waals surface area contributed by atoms with Crippen molar-refractivity contribution in [2.24, 2.45) is 0 Å². The maximum Gasteiger partial charge on any atom is 0.405 e. The maximum absolute atomic E-state index is 13.4. The van der Waals surface area contributed by atoms with Gasteiger partial charge in [-0.25, -0.2) is 0 Å². The number of methoxy groups -OCH3 is 3. The number of piperazine rings is 1. The van der Waals surface area contributed by atoms with Gasteiger partial charge in [0.25, 0.3) is 5.91 Å². The molecule has 2 rings (SSSR count). The first-order chi connectivity index (χ1) is 12.8. The van der Waals surface area contributed by atoms with Gasteiger partial charge in [0.05, 0.1) is 26.9 Å².